The van der Waals surface area contributed by atoms with Gasteiger partial charge in [-0.3, -0.25) is 4.79 Å². The Hall–Kier alpha value is -2.09. The van der Waals surface area contributed by atoms with Crippen molar-refractivity contribution in [2.24, 2.45) is 5.92 Å². The summed E-state index contributed by atoms with van der Waals surface area (Å²) >= 11 is 0. The van der Waals surface area contributed by atoms with Gasteiger partial charge >= 0.3 is 6.09 Å². The molecule has 1 aromatic heterocycles. The van der Waals surface area contributed by atoms with Crippen LogP contribution in [0.2, 0.25) is 0 Å². The van der Waals surface area contributed by atoms with E-state index < -0.39 is 23.2 Å². The van der Waals surface area contributed by atoms with Crippen molar-refractivity contribution in [2.75, 3.05) is 20.1 Å². The zero-order chi connectivity index (χ0) is 22.4. The zero-order valence-corrected chi connectivity index (χ0v) is 20.4. The molecule has 0 spiro atoms. The molecule has 1 radical (unpaired) electrons. The first kappa shape index (κ1) is 24.6. The number of rotatable bonds is 3. The van der Waals surface area contributed by atoms with Crippen LogP contribution in [0.15, 0.2) is 30.5 Å². The number of fused-ring (bicyclic) bond motifs is 1. The number of aromatic nitrogens is 1. The summed E-state index contributed by atoms with van der Waals surface area (Å²) in [6, 6.07) is 10.4. The normalized spacial score (nSPS) is 23.4. The topological polar surface area (TPSA) is 83.0 Å². The van der Waals surface area contributed by atoms with Gasteiger partial charge in [-0.05, 0) is 57.2 Å². The van der Waals surface area contributed by atoms with E-state index in [2.05, 4.69) is 11.1 Å². The largest absolute Gasteiger partial charge is 0.444 e. The molecular formula is C24H30N3O4V-. The standard InChI is InChI=1S/C24H30N3O4.V/c1-23(2,3)31-22(29)27-14-12-24(30,19(15-27)21(28)26(4)16-9-10-16)18-11-13-25-20-8-6-5-7-17(18)20;/h5,7-8,11,13,16,19,30H,9-10,12,14-15H2,1-4H3;/q-1;/t19-,24+;/m1./s1. The first-order chi connectivity index (χ1) is 14.6. The number of likely N-dealkylation sites (tertiary alicyclic amines) is 1. The first-order valence-electron chi connectivity index (χ1n) is 10.8. The van der Waals surface area contributed by atoms with Crippen LogP contribution < -0.4 is 0 Å². The van der Waals surface area contributed by atoms with E-state index in [-0.39, 0.29) is 43.5 Å². The first-order valence-corrected chi connectivity index (χ1v) is 10.8. The van der Waals surface area contributed by atoms with E-state index in [1.807, 2.05) is 26.8 Å². The van der Waals surface area contributed by atoms with E-state index in [1.165, 1.54) is 0 Å². The van der Waals surface area contributed by atoms with E-state index >= 15 is 0 Å². The Bertz CT molecular complexity index is 999. The van der Waals surface area contributed by atoms with E-state index in [1.54, 1.807) is 41.2 Å². The van der Waals surface area contributed by atoms with Gasteiger partial charge in [0.15, 0.2) is 0 Å². The fraction of sp³-hybridized carbons (Fsp3) is 0.542. The molecule has 1 aromatic carbocycles. The molecule has 171 valence electrons. The predicted octanol–water partition coefficient (Wildman–Crippen LogP) is 3.10. The third-order valence-electron chi connectivity index (χ3n) is 6.19. The Morgan fingerprint density at radius 2 is 2.03 bits per heavy atom. The smallest absolute Gasteiger partial charge is 0.410 e. The van der Waals surface area contributed by atoms with Crippen molar-refractivity contribution in [1.29, 1.82) is 0 Å². The number of piperidine rings is 1. The number of hydrogen-bond donors (Lipinski definition) is 1. The minimum atomic E-state index is -1.42. The van der Waals surface area contributed by atoms with Gasteiger partial charge in [-0.1, -0.05) is 0 Å². The van der Waals surface area contributed by atoms with Crippen molar-refractivity contribution < 1.29 is 38.0 Å². The third kappa shape index (κ3) is 4.80. The second kappa shape index (κ2) is 9.04. The van der Waals surface area contributed by atoms with Crippen LogP contribution in [0.3, 0.4) is 0 Å². The fourth-order valence-electron chi connectivity index (χ4n) is 4.34. The van der Waals surface area contributed by atoms with Crippen LogP contribution in [-0.4, -0.2) is 63.7 Å². The monoisotopic (exact) mass is 475 g/mol. The minimum Gasteiger partial charge on any atom is -0.444 e. The molecule has 1 saturated carbocycles. The maximum atomic E-state index is 13.5. The molecule has 1 N–H and O–H groups in total. The summed E-state index contributed by atoms with van der Waals surface area (Å²) in [5, 5.41) is 12.8. The maximum Gasteiger partial charge on any atom is 0.410 e. The zero-order valence-electron chi connectivity index (χ0n) is 19.0. The SMILES string of the molecule is CN(C(=O)[C@H]1CN(C(=O)OC(C)(C)C)CC[C@]1(O)c1ccnc2c[c-]ccc12)C1CC1.[V]. The molecule has 1 aliphatic heterocycles. The molecule has 2 heterocycles. The number of amides is 2. The van der Waals surface area contributed by atoms with Crippen molar-refractivity contribution in [1.82, 2.24) is 14.8 Å². The molecular weight excluding hydrogens is 445 g/mol. The summed E-state index contributed by atoms with van der Waals surface area (Å²) in [5.74, 6) is -0.945. The number of ether oxygens (including phenoxy) is 1. The number of benzene rings is 1. The van der Waals surface area contributed by atoms with Gasteiger partial charge in [0.1, 0.15) is 11.2 Å². The predicted molar refractivity (Wildman–Crippen MR) is 116 cm³/mol. The Balaban J connectivity index is 0.00000289. The van der Waals surface area contributed by atoms with Crippen LogP contribution in [-0.2, 0) is 33.7 Å². The molecule has 1 aliphatic carbocycles. The molecule has 2 amide bonds. The van der Waals surface area contributed by atoms with Gasteiger partial charge in [0.05, 0.1) is 5.92 Å². The Morgan fingerprint density at radius 1 is 1.31 bits per heavy atom. The van der Waals surface area contributed by atoms with Crippen LogP contribution in [0.25, 0.3) is 10.9 Å². The van der Waals surface area contributed by atoms with Gasteiger partial charge in [0, 0.05) is 50.9 Å². The molecule has 32 heavy (non-hydrogen) atoms. The van der Waals surface area contributed by atoms with Crippen molar-refractivity contribution in [3.05, 3.63) is 42.1 Å². The number of nitrogens with zero attached hydrogens (tertiary/aromatic N) is 3. The number of hydrogen-bond acceptors (Lipinski definition) is 5. The molecule has 2 atom stereocenters. The molecule has 8 heteroatoms. The van der Waals surface area contributed by atoms with Crippen LogP contribution in [0, 0.1) is 12.0 Å². The summed E-state index contributed by atoms with van der Waals surface area (Å²) in [5.41, 5.74) is -0.670. The van der Waals surface area contributed by atoms with Gasteiger partial charge in [-0.15, -0.1) is 5.39 Å². The molecule has 1 saturated heterocycles. The summed E-state index contributed by atoms with van der Waals surface area (Å²) < 4.78 is 5.54. The molecule has 2 aromatic rings. The van der Waals surface area contributed by atoms with E-state index in [0.717, 1.165) is 18.2 Å². The second-order valence-electron chi connectivity index (χ2n) is 9.64. The maximum absolute atomic E-state index is 13.5. The molecule has 2 fully saturated rings. The summed E-state index contributed by atoms with van der Waals surface area (Å²) in [7, 11) is 1.78. The number of pyridine rings is 1. The van der Waals surface area contributed by atoms with Gasteiger partial charge in [0.2, 0.25) is 5.91 Å². The second-order valence-corrected chi connectivity index (χ2v) is 9.64. The Labute approximate surface area is 201 Å². The molecule has 0 unspecified atom stereocenters. The van der Waals surface area contributed by atoms with Gasteiger partial charge in [-0.25, -0.2) is 4.79 Å². The Morgan fingerprint density at radius 3 is 2.69 bits per heavy atom. The van der Waals surface area contributed by atoms with Gasteiger partial charge in [0.25, 0.3) is 0 Å². The van der Waals surface area contributed by atoms with Crippen molar-refractivity contribution >= 4 is 22.9 Å². The van der Waals surface area contributed by atoms with E-state index in [4.69, 9.17) is 4.74 Å². The molecule has 4 rings (SSSR count). The molecule has 7 nitrogen and oxygen atoms in total. The number of aliphatic hydroxyl groups is 1. The minimum absolute atomic E-state index is 0. The number of carbonyl (C=O) groups is 2. The van der Waals surface area contributed by atoms with Gasteiger partial charge in [-0.2, -0.15) is 24.3 Å². The van der Waals surface area contributed by atoms with Crippen molar-refractivity contribution in [2.45, 2.75) is 57.3 Å². The van der Waals surface area contributed by atoms with Crippen molar-refractivity contribution in [3.8, 4) is 0 Å². The third-order valence-corrected chi connectivity index (χ3v) is 6.19. The quantitative estimate of drug-likeness (QED) is 0.690. The number of carbonyl (C=O) groups excluding carboxylic acids is 2. The average molecular weight is 475 g/mol. The summed E-state index contributed by atoms with van der Waals surface area (Å²) in [6.45, 7) is 5.84. The van der Waals surface area contributed by atoms with E-state index in [9.17, 15) is 14.7 Å². The van der Waals surface area contributed by atoms with Crippen LogP contribution in [0.5, 0.6) is 0 Å². The average Bonchev–Trinajstić information content (AvgIpc) is 3.56. The van der Waals surface area contributed by atoms with Crippen LogP contribution in [0.4, 0.5) is 4.79 Å². The van der Waals surface area contributed by atoms with Crippen LogP contribution in [0.1, 0.15) is 45.6 Å². The summed E-state index contributed by atoms with van der Waals surface area (Å²) in [4.78, 5) is 33.9. The Kier molecular flexibility index (Phi) is 6.94. The van der Waals surface area contributed by atoms with Crippen molar-refractivity contribution in [3.63, 3.8) is 0 Å². The fourth-order valence-corrected chi connectivity index (χ4v) is 4.34. The van der Waals surface area contributed by atoms with E-state index in [0.29, 0.717) is 17.6 Å². The van der Waals surface area contributed by atoms with Gasteiger partial charge < -0.3 is 24.6 Å². The molecule has 2 aliphatic rings. The molecule has 0 bridgehead atoms. The summed E-state index contributed by atoms with van der Waals surface area (Å²) in [6.07, 6.45) is 3.36. The van der Waals surface area contributed by atoms with Crippen LogP contribution >= 0.6 is 0 Å².